The zero-order valence-corrected chi connectivity index (χ0v) is 56.9. The highest BCUT2D eigenvalue weighted by Crippen LogP contribution is 2.43. The molecule has 0 amide bonds. The van der Waals surface area contributed by atoms with Crippen LogP contribution in [0.2, 0.25) is 0 Å². The third-order valence-electron chi connectivity index (χ3n) is 17.1. The minimum absolute atomic E-state index is 0.0378. The van der Waals surface area contributed by atoms with Crippen LogP contribution in [0.3, 0.4) is 0 Å². The van der Waals surface area contributed by atoms with Crippen molar-refractivity contribution in [2.75, 3.05) is 47.5 Å². The van der Waals surface area contributed by atoms with Gasteiger partial charge in [0, 0.05) is 12.8 Å². The highest BCUT2D eigenvalue weighted by Gasteiger charge is 2.27. The van der Waals surface area contributed by atoms with Crippen LogP contribution in [-0.4, -0.2) is 74.9 Å². The molecule has 0 aromatic rings. The van der Waals surface area contributed by atoms with Crippen LogP contribution >= 0.6 is 7.82 Å². The van der Waals surface area contributed by atoms with E-state index in [0.717, 1.165) is 38.5 Å². The summed E-state index contributed by atoms with van der Waals surface area (Å²) in [5, 5.41) is 0. The van der Waals surface area contributed by atoms with E-state index in [0.29, 0.717) is 17.4 Å². The average Bonchev–Trinajstić information content (AvgIpc) is 3.46. The molecule has 0 saturated heterocycles. The van der Waals surface area contributed by atoms with Crippen molar-refractivity contribution >= 4 is 19.8 Å². The first-order valence-corrected chi connectivity index (χ1v) is 38.3. The molecule has 0 aliphatic carbocycles. The summed E-state index contributed by atoms with van der Waals surface area (Å²) in [5.74, 6) is -0.766. The van der Waals surface area contributed by atoms with Crippen molar-refractivity contribution in [2.24, 2.45) is 0 Å². The first kappa shape index (κ1) is 81.0. The normalized spacial score (nSPS) is 13.0. The summed E-state index contributed by atoms with van der Waals surface area (Å²) in [6.07, 6.45) is 78.0. The second-order valence-corrected chi connectivity index (χ2v) is 28.2. The Labute approximate surface area is 512 Å². The van der Waals surface area contributed by atoms with Gasteiger partial charge in [0.15, 0.2) is 6.10 Å². The van der Waals surface area contributed by atoms with Gasteiger partial charge in [-0.25, -0.2) is 4.57 Å². The maximum absolute atomic E-state index is 12.9. The Morgan fingerprint density at radius 2 is 0.549 bits per heavy atom. The van der Waals surface area contributed by atoms with Crippen LogP contribution < -0.4 is 0 Å². The van der Waals surface area contributed by atoms with Crippen molar-refractivity contribution < 1.29 is 42.1 Å². The molecule has 0 heterocycles. The standard InChI is InChI=1S/C72H144NO8P/c1-6-8-10-12-14-16-18-20-22-24-26-28-30-32-34-35-36-37-39-41-43-45-47-49-51-53-55-57-59-61-63-65-72(75)81-70(69-80-82(76,77)79-67-66-73(3,4)5)68-78-71(74)64-62-60-58-56-54-52-50-48-46-44-42-40-38-33-31-29-27-25-23-21-19-17-15-13-11-9-7-2/h70H,6-69H2,1-5H3/p+1. The van der Waals surface area contributed by atoms with Gasteiger partial charge in [0.25, 0.3) is 0 Å². The molecule has 10 heteroatoms. The lowest BCUT2D eigenvalue weighted by molar-refractivity contribution is -0.870. The number of likely N-dealkylation sites (N-methyl/N-ethyl adjacent to an activating group) is 1. The average molecular weight is 1180 g/mol. The van der Waals surface area contributed by atoms with Crippen molar-refractivity contribution in [2.45, 2.75) is 405 Å². The molecule has 0 bridgehead atoms. The van der Waals surface area contributed by atoms with E-state index in [1.54, 1.807) is 0 Å². The molecule has 0 aliphatic rings. The molecule has 82 heavy (non-hydrogen) atoms. The number of unbranched alkanes of at least 4 members (excludes halogenated alkanes) is 56. The van der Waals surface area contributed by atoms with E-state index in [1.165, 1.54) is 334 Å². The number of phosphoric acid groups is 1. The summed E-state index contributed by atoms with van der Waals surface area (Å²) >= 11 is 0. The van der Waals surface area contributed by atoms with E-state index in [4.69, 9.17) is 18.5 Å². The molecular weight excluding hydrogens is 1040 g/mol. The third-order valence-corrected chi connectivity index (χ3v) is 18.1. The SMILES string of the molecule is CCCCCCCCCCCCCCCCCCCCCCCCCCCCCCCCCC(=O)OC(COC(=O)CCCCCCCCCCCCCCCCCCCCCCCCCCCCC)COP(=O)(O)OCC[N+](C)(C)C. The number of carbonyl (C=O) groups excluding carboxylic acids is 2. The van der Waals surface area contributed by atoms with Crippen LogP contribution in [0.15, 0.2) is 0 Å². The molecule has 0 spiro atoms. The second-order valence-electron chi connectivity index (χ2n) is 26.7. The minimum atomic E-state index is -4.39. The van der Waals surface area contributed by atoms with Crippen LogP contribution in [0.5, 0.6) is 0 Å². The minimum Gasteiger partial charge on any atom is -0.462 e. The van der Waals surface area contributed by atoms with Gasteiger partial charge in [-0.15, -0.1) is 0 Å². The van der Waals surface area contributed by atoms with Crippen LogP contribution in [0.25, 0.3) is 0 Å². The molecular formula is C72H145NO8P+. The molecule has 0 aromatic heterocycles. The lowest BCUT2D eigenvalue weighted by atomic mass is 10.0. The van der Waals surface area contributed by atoms with Gasteiger partial charge in [-0.05, 0) is 12.8 Å². The molecule has 0 saturated carbocycles. The number of phosphoric ester groups is 1. The molecule has 2 unspecified atom stereocenters. The van der Waals surface area contributed by atoms with Crippen molar-refractivity contribution in [3.05, 3.63) is 0 Å². The summed E-state index contributed by atoms with van der Waals surface area (Å²) in [4.78, 5) is 35.9. The van der Waals surface area contributed by atoms with Gasteiger partial charge in [-0.3, -0.25) is 18.6 Å². The molecule has 0 radical (unpaired) electrons. The van der Waals surface area contributed by atoms with Crippen molar-refractivity contribution in [3.8, 4) is 0 Å². The van der Waals surface area contributed by atoms with Crippen molar-refractivity contribution in [1.82, 2.24) is 0 Å². The highest BCUT2D eigenvalue weighted by atomic mass is 31.2. The molecule has 0 rings (SSSR count). The number of rotatable bonds is 70. The largest absolute Gasteiger partial charge is 0.472 e. The number of esters is 2. The van der Waals surface area contributed by atoms with Gasteiger partial charge in [0.1, 0.15) is 19.8 Å². The summed E-state index contributed by atoms with van der Waals surface area (Å²) in [6.45, 7) is 4.54. The highest BCUT2D eigenvalue weighted by molar-refractivity contribution is 7.47. The quantitative estimate of drug-likeness (QED) is 0.0278. The zero-order chi connectivity index (χ0) is 59.8. The fraction of sp³-hybridized carbons (Fsp3) is 0.972. The summed E-state index contributed by atoms with van der Waals surface area (Å²) in [6, 6.07) is 0. The number of quaternary nitrogens is 1. The molecule has 1 N–H and O–H groups in total. The molecule has 0 aliphatic heterocycles. The number of hydrogen-bond acceptors (Lipinski definition) is 7. The van der Waals surface area contributed by atoms with Gasteiger partial charge < -0.3 is 18.9 Å². The van der Waals surface area contributed by atoms with Gasteiger partial charge in [0.2, 0.25) is 0 Å². The van der Waals surface area contributed by atoms with Crippen LogP contribution in [-0.2, 0) is 32.7 Å². The van der Waals surface area contributed by atoms with E-state index < -0.39 is 26.5 Å². The summed E-state index contributed by atoms with van der Waals surface area (Å²) < 4.78 is 34.8. The molecule has 490 valence electrons. The predicted molar refractivity (Wildman–Crippen MR) is 354 cm³/mol. The maximum Gasteiger partial charge on any atom is 0.472 e. The Hall–Kier alpha value is -0.990. The Kier molecular flexibility index (Phi) is 63.7. The van der Waals surface area contributed by atoms with Gasteiger partial charge >= 0.3 is 19.8 Å². The lowest BCUT2D eigenvalue weighted by Crippen LogP contribution is -2.37. The first-order valence-electron chi connectivity index (χ1n) is 36.8. The van der Waals surface area contributed by atoms with Crippen LogP contribution in [0.1, 0.15) is 399 Å². The molecule has 2 atom stereocenters. The number of carbonyl (C=O) groups is 2. The zero-order valence-electron chi connectivity index (χ0n) is 56.0. The van der Waals surface area contributed by atoms with E-state index in [-0.39, 0.29) is 25.6 Å². The topological polar surface area (TPSA) is 108 Å². The van der Waals surface area contributed by atoms with Gasteiger partial charge in [0.05, 0.1) is 27.7 Å². The number of nitrogens with zero attached hydrogens (tertiary/aromatic N) is 1. The van der Waals surface area contributed by atoms with Gasteiger partial charge in [-0.2, -0.15) is 0 Å². The monoisotopic (exact) mass is 1180 g/mol. The van der Waals surface area contributed by atoms with E-state index in [2.05, 4.69) is 13.8 Å². The summed E-state index contributed by atoms with van der Waals surface area (Å²) in [5.41, 5.74) is 0. The Morgan fingerprint density at radius 1 is 0.329 bits per heavy atom. The maximum atomic E-state index is 12.9. The van der Waals surface area contributed by atoms with E-state index in [9.17, 15) is 19.0 Å². The Bertz CT molecular complexity index is 1340. The van der Waals surface area contributed by atoms with E-state index >= 15 is 0 Å². The van der Waals surface area contributed by atoms with Crippen molar-refractivity contribution in [1.29, 1.82) is 0 Å². The molecule has 9 nitrogen and oxygen atoms in total. The summed E-state index contributed by atoms with van der Waals surface area (Å²) in [7, 11) is 1.51. The smallest absolute Gasteiger partial charge is 0.462 e. The van der Waals surface area contributed by atoms with Crippen molar-refractivity contribution in [3.63, 3.8) is 0 Å². The predicted octanol–water partition coefficient (Wildman–Crippen LogP) is 23.7. The Morgan fingerprint density at radius 3 is 0.780 bits per heavy atom. The third kappa shape index (κ3) is 68.1. The molecule has 0 aromatic carbocycles. The Balaban J connectivity index is 3.94. The van der Waals surface area contributed by atoms with Crippen LogP contribution in [0.4, 0.5) is 0 Å². The fourth-order valence-corrected chi connectivity index (χ4v) is 12.2. The number of hydrogen-bond donors (Lipinski definition) is 1. The van der Waals surface area contributed by atoms with Crippen LogP contribution in [0, 0.1) is 0 Å². The van der Waals surface area contributed by atoms with Gasteiger partial charge in [-0.1, -0.05) is 373 Å². The number of ether oxygens (including phenoxy) is 2. The first-order chi connectivity index (χ1) is 40.0. The van der Waals surface area contributed by atoms with E-state index in [1.807, 2.05) is 21.1 Å². The molecule has 0 fully saturated rings. The lowest BCUT2D eigenvalue weighted by Gasteiger charge is -2.24. The second kappa shape index (κ2) is 64.5. The fourth-order valence-electron chi connectivity index (χ4n) is 11.5.